The van der Waals surface area contributed by atoms with Crippen LogP contribution >= 0.6 is 12.2 Å². The van der Waals surface area contributed by atoms with Crippen LogP contribution < -0.4 is 0 Å². The Hall–Kier alpha value is -1.30. The number of nitrogens with zero attached hydrogens (tertiary/aromatic N) is 5. The lowest BCUT2D eigenvalue weighted by atomic mass is 10.9. The normalized spacial score (nSPS) is 10.6. The lowest BCUT2D eigenvalue weighted by Gasteiger charge is -1.96. The van der Waals surface area contributed by atoms with Crippen molar-refractivity contribution in [3.63, 3.8) is 0 Å². The van der Waals surface area contributed by atoms with Gasteiger partial charge in [-0.2, -0.15) is 14.6 Å². The van der Waals surface area contributed by atoms with E-state index in [1.54, 1.807) is 10.9 Å². The van der Waals surface area contributed by atoms with Crippen molar-refractivity contribution in [1.29, 1.82) is 0 Å². The molecule has 0 saturated carbocycles. The Morgan fingerprint density at radius 1 is 1.45 bits per heavy atom. The second-order valence-electron chi connectivity index (χ2n) is 2.11. The summed E-state index contributed by atoms with van der Waals surface area (Å²) in [7, 11) is 1.82. The molecule has 5 nitrogen and oxygen atoms in total. The lowest BCUT2D eigenvalue weighted by Crippen LogP contribution is -2.02. The quantitative estimate of drug-likeness (QED) is 0.526. The van der Waals surface area contributed by atoms with Crippen LogP contribution in [0.25, 0.3) is 5.78 Å². The summed E-state index contributed by atoms with van der Waals surface area (Å²) in [6.07, 6.45) is 3.05. The van der Waals surface area contributed by atoms with E-state index in [1.165, 1.54) is 10.8 Å². The highest BCUT2D eigenvalue weighted by atomic mass is 32.1. The lowest BCUT2D eigenvalue weighted by molar-refractivity contribution is 0.746. The fraction of sp³-hybridized carbons (Fsp3) is 0.200. The standard InChI is InChI=1S/C5H5N5S/c1-9-3-7-4-6-2-8-10(4)5(9)11/h2-3H,1H3. The van der Waals surface area contributed by atoms with Crippen molar-refractivity contribution in [1.82, 2.24) is 24.1 Å². The molecule has 0 N–H and O–H groups in total. The van der Waals surface area contributed by atoms with Crippen LogP contribution in [0.15, 0.2) is 12.7 Å². The predicted octanol–water partition coefficient (Wildman–Crippen LogP) is 0.192. The molecule has 0 radical (unpaired) electrons. The summed E-state index contributed by atoms with van der Waals surface area (Å²) in [5.74, 6) is 0.535. The maximum absolute atomic E-state index is 5.03. The summed E-state index contributed by atoms with van der Waals surface area (Å²) < 4.78 is 3.80. The minimum Gasteiger partial charge on any atom is -0.311 e. The molecule has 2 heterocycles. The number of fused-ring (bicyclic) bond motifs is 1. The first-order valence-corrected chi connectivity index (χ1v) is 3.41. The molecule has 0 amide bonds. The van der Waals surface area contributed by atoms with Gasteiger partial charge in [-0.15, -0.1) is 0 Å². The molecule has 6 heteroatoms. The van der Waals surface area contributed by atoms with Crippen LogP contribution in [-0.4, -0.2) is 24.1 Å². The molecule has 2 aromatic rings. The summed E-state index contributed by atoms with van der Waals surface area (Å²) >= 11 is 5.03. The topological polar surface area (TPSA) is 48.0 Å². The molecule has 0 saturated heterocycles. The Bertz CT molecular complexity index is 441. The first-order valence-electron chi connectivity index (χ1n) is 3.00. The van der Waals surface area contributed by atoms with E-state index in [9.17, 15) is 0 Å². The fourth-order valence-corrected chi connectivity index (χ4v) is 0.971. The maximum Gasteiger partial charge on any atom is 0.256 e. The summed E-state index contributed by atoms with van der Waals surface area (Å²) in [5.41, 5.74) is 0. The van der Waals surface area contributed by atoms with Gasteiger partial charge in [-0.3, -0.25) is 0 Å². The first kappa shape index (κ1) is 6.41. The summed E-state index contributed by atoms with van der Waals surface area (Å²) in [6, 6.07) is 0. The highest BCUT2D eigenvalue weighted by Crippen LogP contribution is 1.92. The highest BCUT2D eigenvalue weighted by molar-refractivity contribution is 7.71. The molecule has 0 aliphatic rings. The van der Waals surface area contributed by atoms with Crippen LogP contribution in [0.4, 0.5) is 0 Å². The van der Waals surface area contributed by atoms with Gasteiger partial charge in [0.15, 0.2) is 0 Å². The molecule has 0 atom stereocenters. The van der Waals surface area contributed by atoms with Crippen molar-refractivity contribution >= 4 is 18.0 Å². The van der Waals surface area contributed by atoms with E-state index < -0.39 is 0 Å². The summed E-state index contributed by atoms with van der Waals surface area (Å²) in [6.45, 7) is 0. The Balaban J connectivity index is 3.05. The Morgan fingerprint density at radius 2 is 2.27 bits per heavy atom. The molecule has 0 fully saturated rings. The van der Waals surface area contributed by atoms with Gasteiger partial charge in [-0.1, -0.05) is 0 Å². The number of aromatic nitrogens is 5. The van der Waals surface area contributed by atoms with Crippen molar-refractivity contribution in [2.45, 2.75) is 0 Å². The molecule has 0 aliphatic heterocycles. The van der Waals surface area contributed by atoms with Crippen LogP contribution in [0.3, 0.4) is 0 Å². The van der Waals surface area contributed by atoms with Gasteiger partial charge in [0.1, 0.15) is 12.7 Å². The zero-order valence-electron chi connectivity index (χ0n) is 5.80. The van der Waals surface area contributed by atoms with Crippen molar-refractivity contribution in [3.05, 3.63) is 17.4 Å². The third-order valence-corrected chi connectivity index (χ3v) is 1.82. The van der Waals surface area contributed by atoms with E-state index in [0.29, 0.717) is 10.5 Å². The van der Waals surface area contributed by atoms with E-state index in [4.69, 9.17) is 12.2 Å². The highest BCUT2D eigenvalue weighted by Gasteiger charge is 1.96. The van der Waals surface area contributed by atoms with Gasteiger partial charge in [0.2, 0.25) is 4.77 Å². The van der Waals surface area contributed by atoms with Gasteiger partial charge in [0, 0.05) is 7.05 Å². The van der Waals surface area contributed by atoms with Gasteiger partial charge in [-0.05, 0) is 12.2 Å². The van der Waals surface area contributed by atoms with Crippen LogP contribution in [0.1, 0.15) is 0 Å². The van der Waals surface area contributed by atoms with Crippen molar-refractivity contribution in [3.8, 4) is 0 Å². The van der Waals surface area contributed by atoms with Crippen LogP contribution in [0.5, 0.6) is 0 Å². The molecule has 0 spiro atoms. The van der Waals surface area contributed by atoms with Crippen LogP contribution in [0, 0.1) is 4.77 Å². The molecule has 0 bridgehead atoms. The Kier molecular flexibility index (Phi) is 1.22. The zero-order valence-corrected chi connectivity index (χ0v) is 6.62. The van der Waals surface area contributed by atoms with Gasteiger partial charge < -0.3 is 4.57 Å². The number of aryl methyl sites for hydroxylation is 1. The molecule has 2 aromatic heterocycles. The van der Waals surface area contributed by atoms with Gasteiger partial charge >= 0.3 is 0 Å². The third-order valence-electron chi connectivity index (χ3n) is 1.36. The molecule has 2 rings (SSSR count). The SMILES string of the molecule is Cn1cnc2ncnn2c1=S. The Labute approximate surface area is 67.3 Å². The second-order valence-corrected chi connectivity index (χ2v) is 2.48. The maximum atomic E-state index is 5.03. The average Bonchev–Trinajstić information content (AvgIpc) is 2.45. The monoisotopic (exact) mass is 167 g/mol. The number of hydrogen-bond donors (Lipinski definition) is 0. The van der Waals surface area contributed by atoms with Gasteiger partial charge in [0.25, 0.3) is 5.78 Å². The van der Waals surface area contributed by atoms with E-state index in [-0.39, 0.29) is 0 Å². The molecule has 0 aromatic carbocycles. The minimum atomic E-state index is 0.535. The molecule has 0 aliphatic carbocycles. The number of rotatable bonds is 0. The average molecular weight is 167 g/mol. The molecule has 0 unspecified atom stereocenters. The largest absolute Gasteiger partial charge is 0.311 e. The van der Waals surface area contributed by atoms with Crippen molar-refractivity contribution in [2.24, 2.45) is 7.05 Å². The van der Waals surface area contributed by atoms with Crippen LogP contribution in [-0.2, 0) is 7.05 Å². The van der Waals surface area contributed by atoms with E-state index in [0.717, 1.165) is 0 Å². The first-order chi connectivity index (χ1) is 5.29. The van der Waals surface area contributed by atoms with Crippen molar-refractivity contribution < 1.29 is 0 Å². The molecule has 11 heavy (non-hydrogen) atoms. The Morgan fingerprint density at radius 3 is 3.09 bits per heavy atom. The molecule has 56 valence electrons. The van der Waals surface area contributed by atoms with Gasteiger partial charge in [-0.25, -0.2) is 4.98 Å². The third kappa shape index (κ3) is 0.829. The zero-order chi connectivity index (χ0) is 7.84. The van der Waals surface area contributed by atoms with E-state index in [2.05, 4.69) is 15.1 Å². The van der Waals surface area contributed by atoms with Gasteiger partial charge in [0.05, 0.1) is 0 Å². The van der Waals surface area contributed by atoms with Crippen LogP contribution in [0.2, 0.25) is 0 Å². The summed E-state index contributed by atoms with van der Waals surface area (Å²) in [5, 5.41) is 3.90. The smallest absolute Gasteiger partial charge is 0.256 e. The number of hydrogen-bond acceptors (Lipinski definition) is 4. The molecular weight excluding hydrogens is 162 g/mol. The van der Waals surface area contributed by atoms with Crippen molar-refractivity contribution in [2.75, 3.05) is 0 Å². The summed E-state index contributed by atoms with van der Waals surface area (Å²) in [4.78, 5) is 7.87. The predicted molar refractivity (Wildman–Crippen MR) is 40.6 cm³/mol. The second kappa shape index (κ2) is 2.09. The minimum absolute atomic E-state index is 0.535. The van der Waals surface area contributed by atoms with E-state index >= 15 is 0 Å². The fourth-order valence-electron chi connectivity index (χ4n) is 0.795. The van der Waals surface area contributed by atoms with E-state index in [1.807, 2.05) is 7.05 Å². The molecular formula is C5H5N5S.